The Morgan fingerprint density at radius 2 is 2.07 bits per heavy atom. The van der Waals surface area contributed by atoms with Gasteiger partial charge in [-0.05, 0) is 44.1 Å². The average Bonchev–Trinajstić information content (AvgIpc) is 3.25. The minimum atomic E-state index is -3.21. The molecule has 2 heterocycles. The predicted octanol–water partition coefficient (Wildman–Crippen LogP) is 2.10. The minimum Gasteiger partial charge on any atom is -0.476 e. The van der Waals surface area contributed by atoms with Crippen LogP contribution < -0.4 is 5.32 Å². The maximum atomic E-state index is 14.6. The fourth-order valence-corrected chi connectivity index (χ4v) is 4.04. The average molecular weight is 420 g/mol. The van der Waals surface area contributed by atoms with Gasteiger partial charge in [0.25, 0.3) is 0 Å². The number of aromatic carboxylic acids is 1. The fourth-order valence-electron chi connectivity index (χ4n) is 4.04. The summed E-state index contributed by atoms with van der Waals surface area (Å²) in [7, 11) is 0. The Hall–Kier alpha value is -3.23. The molecule has 9 heteroatoms. The molecule has 0 unspecified atom stereocenters. The molecule has 158 valence electrons. The summed E-state index contributed by atoms with van der Waals surface area (Å²) in [5.74, 6) is -3.87. The molecule has 0 bridgehead atoms. The van der Waals surface area contributed by atoms with Crippen LogP contribution in [0.4, 0.5) is 4.39 Å². The monoisotopic (exact) mass is 420 g/mol. The zero-order chi connectivity index (χ0) is 26.6. The van der Waals surface area contributed by atoms with E-state index in [0.29, 0.717) is 23.7 Å². The minimum absolute atomic E-state index is 0.0781. The van der Waals surface area contributed by atoms with E-state index in [0.717, 1.165) is 0 Å². The summed E-state index contributed by atoms with van der Waals surface area (Å²) in [6.07, 6.45) is 1.01. The van der Waals surface area contributed by atoms with E-state index < -0.39 is 55.5 Å². The number of benzene rings is 1. The normalized spacial score (nSPS) is 25.8. The van der Waals surface area contributed by atoms with Crippen LogP contribution in [-0.4, -0.2) is 56.2 Å². The van der Waals surface area contributed by atoms with Crippen molar-refractivity contribution in [1.82, 2.24) is 20.0 Å². The van der Waals surface area contributed by atoms with Gasteiger partial charge in [-0.15, -0.1) is 0 Å². The molecule has 1 saturated carbocycles. The fraction of sp³-hybridized carbons (Fsp3) is 0.429. The number of carboxylic acid groups (broad SMARTS) is 1. The van der Waals surface area contributed by atoms with Crippen LogP contribution in [0.2, 0.25) is 0 Å². The molecule has 2 amide bonds. The zero-order valence-electron chi connectivity index (χ0n) is 21.8. The molecule has 1 aliphatic carbocycles. The molecule has 8 nitrogen and oxygen atoms in total. The third kappa shape index (κ3) is 3.55. The molecule has 0 radical (unpaired) electrons. The lowest BCUT2D eigenvalue weighted by atomic mass is 10.1. The van der Waals surface area contributed by atoms with Crippen molar-refractivity contribution in [2.24, 2.45) is 5.92 Å². The number of carboxylic acids is 1. The molecule has 1 aromatic heterocycles. The SMILES string of the molecule is [2H]C([2H])([2H])C(=C(F)CNC(=O)[C@@H]1C[C@H]2C[C@H]2N1C(=O)Cn1nc(C(=O)O)c2ccccc21)C([2H])([2H])[2H]. The Kier molecular flexibility index (Phi) is 3.50. The van der Waals surface area contributed by atoms with Gasteiger partial charge in [0, 0.05) is 19.7 Å². The van der Waals surface area contributed by atoms with Crippen molar-refractivity contribution in [3.8, 4) is 0 Å². The molecule has 1 saturated heterocycles. The summed E-state index contributed by atoms with van der Waals surface area (Å²) in [6.45, 7) is -7.68. The first-order chi connectivity index (χ1) is 16.7. The second-order valence-electron chi connectivity index (χ2n) is 7.44. The Balaban J connectivity index is 1.51. The highest BCUT2D eigenvalue weighted by Gasteiger charge is 2.55. The molecule has 3 atom stereocenters. The Morgan fingerprint density at radius 1 is 1.30 bits per heavy atom. The smallest absolute Gasteiger partial charge is 0.357 e. The van der Waals surface area contributed by atoms with E-state index in [-0.39, 0.29) is 24.2 Å². The van der Waals surface area contributed by atoms with Crippen LogP contribution in [0.25, 0.3) is 10.9 Å². The number of allylic oxidation sites excluding steroid dienone is 1. The molecule has 30 heavy (non-hydrogen) atoms. The number of carbonyl (C=O) groups excluding carboxylic acids is 2. The van der Waals surface area contributed by atoms with E-state index in [1.807, 2.05) is 0 Å². The van der Waals surface area contributed by atoms with Crippen molar-refractivity contribution in [3.05, 3.63) is 41.4 Å². The molecular weight excluding hydrogens is 391 g/mol. The highest BCUT2D eigenvalue weighted by Crippen LogP contribution is 2.48. The number of likely N-dealkylation sites (tertiary alicyclic amines) is 1. The standard InChI is InChI=1S/C21H23FN4O4/c1-11(2)14(22)9-23-20(28)17-8-12-7-16(12)26(17)18(27)10-25-15-6-4-3-5-13(15)19(24-25)21(29)30/h3-6,12,16-17H,7-10H2,1-2H3,(H,23,28)(H,29,30)/t12-,16-,17+/m1/s1/i1D3,2D3. The number of nitrogens with one attached hydrogen (secondary N) is 1. The van der Waals surface area contributed by atoms with E-state index in [9.17, 15) is 23.9 Å². The van der Waals surface area contributed by atoms with E-state index in [1.165, 1.54) is 9.58 Å². The number of rotatable bonds is 6. The summed E-state index contributed by atoms with van der Waals surface area (Å²) < 4.78 is 59.6. The highest BCUT2D eigenvalue weighted by atomic mass is 19.1. The van der Waals surface area contributed by atoms with Crippen molar-refractivity contribution >= 4 is 28.7 Å². The van der Waals surface area contributed by atoms with Crippen LogP contribution in [0.5, 0.6) is 0 Å². The number of amides is 2. The van der Waals surface area contributed by atoms with Crippen molar-refractivity contribution in [2.45, 2.75) is 45.2 Å². The summed E-state index contributed by atoms with van der Waals surface area (Å²) in [6, 6.07) is 5.36. The van der Waals surface area contributed by atoms with Gasteiger partial charge in [0.2, 0.25) is 11.8 Å². The highest BCUT2D eigenvalue weighted by molar-refractivity contribution is 6.01. The first-order valence-electron chi connectivity index (χ1n) is 12.4. The number of hydrogen-bond donors (Lipinski definition) is 2. The molecule has 2 aliphatic rings. The largest absolute Gasteiger partial charge is 0.476 e. The first kappa shape index (κ1) is 13.9. The number of halogens is 1. The summed E-state index contributed by atoms with van der Waals surface area (Å²) in [5, 5.41) is 16.0. The topological polar surface area (TPSA) is 105 Å². The summed E-state index contributed by atoms with van der Waals surface area (Å²) >= 11 is 0. The number of carbonyl (C=O) groups is 3. The van der Waals surface area contributed by atoms with Crippen molar-refractivity contribution < 1.29 is 32.1 Å². The van der Waals surface area contributed by atoms with Crippen LogP contribution in [0.1, 0.15) is 45.3 Å². The number of nitrogens with zero attached hydrogens (tertiary/aromatic N) is 3. The van der Waals surface area contributed by atoms with Crippen molar-refractivity contribution in [3.63, 3.8) is 0 Å². The number of aromatic nitrogens is 2. The van der Waals surface area contributed by atoms with Gasteiger partial charge in [-0.3, -0.25) is 14.3 Å². The molecule has 1 aliphatic heterocycles. The lowest BCUT2D eigenvalue weighted by Crippen LogP contribution is -2.49. The van der Waals surface area contributed by atoms with Crippen LogP contribution in [-0.2, 0) is 16.1 Å². The molecule has 1 aromatic carbocycles. The molecular formula is C21H23FN4O4. The van der Waals surface area contributed by atoms with Crippen molar-refractivity contribution in [2.75, 3.05) is 6.54 Å². The molecule has 2 aromatic rings. The van der Waals surface area contributed by atoms with Gasteiger partial charge in [0.1, 0.15) is 18.4 Å². The van der Waals surface area contributed by atoms with Crippen LogP contribution in [0.15, 0.2) is 35.7 Å². The van der Waals surface area contributed by atoms with Crippen molar-refractivity contribution in [1.29, 1.82) is 0 Å². The molecule has 4 rings (SSSR count). The molecule has 2 fully saturated rings. The number of fused-ring (bicyclic) bond motifs is 2. The Bertz CT molecular complexity index is 1260. The summed E-state index contributed by atoms with van der Waals surface area (Å²) in [4.78, 5) is 38.9. The van der Waals surface area contributed by atoms with Gasteiger partial charge in [-0.1, -0.05) is 18.2 Å². The van der Waals surface area contributed by atoms with Crippen LogP contribution in [0.3, 0.4) is 0 Å². The van der Waals surface area contributed by atoms with E-state index in [4.69, 9.17) is 8.22 Å². The Morgan fingerprint density at radius 3 is 2.80 bits per heavy atom. The predicted molar refractivity (Wildman–Crippen MR) is 106 cm³/mol. The van der Waals surface area contributed by atoms with Gasteiger partial charge in [0.15, 0.2) is 5.69 Å². The quantitative estimate of drug-likeness (QED) is 0.745. The maximum Gasteiger partial charge on any atom is 0.357 e. The number of para-hydroxylation sites is 1. The van der Waals surface area contributed by atoms with Gasteiger partial charge >= 0.3 is 5.97 Å². The second kappa shape index (κ2) is 7.55. The third-order valence-corrected chi connectivity index (χ3v) is 5.53. The van der Waals surface area contributed by atoms with Gasteiger partial charge in [-0.25, -0.2) is 9.18 Å². The van der Waals surface area contributed by atoms with Crippen LogP contribution >= 0.6 is 0 Å². The van der Waals surface area contributed by atoms with Gasteiger partial charge in [-0.2, -0.15) is 5.10 Å². The third-order valence-electron chi connectivity index (χ3n) is 5.53. The van der Waals surface area contributed by atoms with E-state index in [1.54, 1.807) is 24.3 Å². The van der Waals surface area contributed by atoms with E-state index >= 15 is 0 Å². The van der Waals surface area contributed by atoms with Gasteiger partial charge in [0.05, 0.1) is 12.1 Å². The van der Waals surface area contributed by atoms with Crippen LogP contribution in [0, 0.1) is 5.92 Å². The lowest BCUT2D eigenvalue weighted by molar-refractivity contribution is -0.140. The molecule has 2 N–H and O–H groups in total. The summed E-state index contributed by atoms with van der Waals surface area (Å²) in [5.41, 5.74) is -1.12. The maximum absolute atomic E-state index is 14.6. The number of hydrogen-bond acceptors (Lipinski definition) is 4. The second-order valence-corrected chi connectivity index (χ2v) is 7.44. The zero-order valence-corrected chi connectivity index (χ0v) is 15.8. The molecule has 0 spiro atoms. The Labute approximate surface area is 180 Å². The van der Waals surface area contributed by atoms with E-state index in [2.05, 4.69) is 10.4 Å². The van der Waals surface area contributed by atoms with Gasteiger partial charge < -0.3 is 15.3 Å². The number of piperidine rings is 1. The first-order valence-corrected chi connectivity index (χ1v) is 9.37. The lowest BCUT2D eigenvalue weighted by Gasteiger charge is -2.27.